The molecule has 1 N–H and O–H groups in total. The van der Waals surface area contributed by atoms with E-state index in [2.05, 4.69) is 5.32 Å². The largest absolute Gasteiger partial charge is 0.493 e. The lowest BCUT2D eigenvalue weighted by Crippen LogP contribution is -2.52. The van der Waals surface area contributed by atoms with E-state index in [0.717, 1.165) is 0 Å². The lowest BCUT2D eigenvalue weighted by Gasteiger charge is -2.34. The molecule has 1 saturated heterocycles. The number of amides is 2. The second kappa shape index (κ2) is 10.2. The van der Waals surface area contributed by atoms with Gasteiger partial charge in [0.25, 0.3) is 5.91 Å². The van der Waals surface area contributed by atoms with E-state index in [-0.39, 0.29) is 48.5 Å². The Balaban J connectivity index is 1.55. The highest BCUT2D eigenvalue weighted by molar-refractivity contribution is 7.89. The summed E-state index contributed by atoms with van der Waals surface area (Å²) in [4.78, 5) is 26.5. The van der Waals surface area contributed by atoms with Crippen LogP contribution in [-0.4, -0.2) is 76.4 Å². The zero-order valence-corrected chi connectivity index (χ0v) is 19.3. The standard InChI is InChI=1S/C21H24ClN3O6S/c1-30-17-8-7-15(13-18(17)31-2)21(27)23-14-20(26)24-9-11-25(12-10-24)32(28,29)19-6-4-3-5-16(19)22/h3-8,13H,9-12,14H2,1-2H3,(H,23,27). The lowest BCUT2D eigenvalue weighted by molar-refractivity contribution is -0.131. The van der Waals surface area contributed by atoms with Crippen molar-refractivity contribution in [3.05, 3.63) is 53.1 Å². The molecular formula is C21H24ClN3O6S. The van der Waals surface area contributed by atoms with Crippen molar-refractivity contribution >= 4 is 33.4 Å². The quantitative estimate of drug-likeness (QED) is 0.644. The third-order valence-electron chi connectivity index (χ3n) is 5.09. The van der Waals surface area contributed by atoms with Gasteiger partial charge in [0.2, 0.25) is 15.9 Å². The third kappa shape index (κ3) is 5.14. The van der Waals surface area contributed by atoms with Gasteiger partial charge < -0.3 is 19.7 Å². The maximum absolute atomic E-state index is 12.8. The second-order valence-corrected chi connectivity index (χ2v) is 9.28. The molecule has 172 valence electrons. The fourth-order valence-corrected chi connectivity index (χ4v) is 5.23. The summed E-state index contributed by atoms with van der Waals surface area (Å²) in [6.07, 6.45) is 0. The average molecular weight is 482 g/mol. The van der Waals surface area contributed by atoms with Crippen LogP contribution in [0.1, 0.15) is 10.4 Å². The highest BCUT2D eigenvalue weighted by Crippen LogP contribution is 2.27. The molecule has 1 aliphatic rings. The molecule has 1 fully saturated rings. The number of rotatable bonds is 7. The molecule has 0 aliphatic carbocycles. The van der Waals surface area contributed by atoms with E-state index in [1.54, 1.807) is 24.3 Å². The molecule has 2 amide bonds. The van der Waals surface area contributed by atoms with E-state index in [9.17, 15) is 18.0 Å². The molecule has 32 heavy (non-hydrogen) atoms. The zero-order valence-electron chi connectivity index (χ0n) is 17.7. The Morgan fingerprint density at radius 3 is 2.28 bits per heavy atom. The summed E-state index contributed by atoms with van der Waals surface area (Å²) in [6.45, 7) is 0.514. The predicted molar refractivity (Wildman–Crippen MR) is 119 cm³/mol. The van der Waals surface area contributed by atoms with Gasteiger partial charge in [0.05, 0.1) is 25.8 Å². The molecule has 0 unspecified atom stereocenters. The average Bonchev–Trinajstić information content (AvgIpc) is 2.82. The van der Waals surface area contributed by atoms with Crippen molar-refractivity contribution in [2.24, 2.45) is 0 Å². The summed E-state index contributed by atoms with van der Waals surface area (Å²) >= 11 is 6.04. The van der Waals surface area contributed by atoms with Gasteiger partial charge in [-0.05, 0) is 30.3 Å². The molecule has 1 heterocycles. The molecule has 1 aliphatic heterocycles. The van der Waals surface area contributed by atoms with Crippen LogP contribution in [0.25, 0.3) is 0 Å². The summed E-state index contributed by atoms with van der Waals surface area (Å²) in [7, 11) is -0.782. The van der Waals surface area contributed by atoms with Crippen LogP contribution in [0, 0.1) is 0 Å². The fourth-order valence-electron chi connectivity index (χ4n) is 3.32. The van der Waals surface area contributed by atoms with Crippen molar-refractivity contribution in [2.75, 3.05) is 46.9 Å². The first-order chi connectivity index (χ1) is 15.3. The van der Waals surface area contributed by atoms with Gasteiger partial charge in [-0.1, -0.05) is 23.7 Å². The first kappa shape index (κ1) is 23.8. The zero-order chi connectivity index (χ0) is 23.3. The summed E-state index contributed by atoms with van der Waals surface area (Å²) in [5.41, 5.74) is 0.325. The van der Waals surface area contributed by atoms with Crippen LogP contribution in [-0.2, 0) is 14.8 Å². The van der Waals surface area contributed by atoms with Gasteiger partial charge in [0, 0.05) is 31.7 Å². The molecular weight excluding hydrogens is 458 g/mol. The van der Waals surface area contributed by atoms with Crippen LogP contribution in [0.15, 0.2) is 47.4 Å². The number of carbonyl (C=O) groups is 2. The monoisotopic (exact) mass is 481 g/mol. The molecule has 0 atom stereocenters. The van der Waals surface area contributed by atoms with Gasteiger partial charge >= 0.3 is 0 Å². The molecule has 2 aromatic rings. The minimum atomic E-state index is -3.74. The van der Waals surface area contributed by atoms with Crippen LogP contribution in [0.5, 0.6) is 11.5 Å². The predicted octanol–water partition coefficient (Wildman–Crippen LogP) is 1.62. The smallest absolute Gasteiger partial charge is 0.251 e. The number of hydrogen-bond acceptors (Lipinski definition) is 6. The Morgan fingerprint density at radius 2 is 1.66 bits per heavy atom. The number of ether oxygens (including phenoxy) is 2. The van der Waals surface area contributed by atoms with Crippen LogP contribution in [0.2, 0.25) is 5.02 Å². The number of nitrogens with one attached hydrogen (secondary N) is 1. The van der Waals surface area contributed by atoms with E-state index in [4.69, 9.17) is 21.1 Å². The van der Waals surface area contributed by atoms with Crippen LogP contribution < -0.4 is 14.8 Å². The minimum absolute atomic E-state index is 0.0450. The van der Waals surface area contributed by atoms with Crippen molar-refractivity contribution in [2.45, 2.75) is 4.90 Å². The number of piperazine rings is 1. The van der Waals surface area contributed by atoms with E-state index in [0.29, 0.717) is 17.1 Å². The summed E-state index contributed by atoms with van der Waals surface area (Å²) < 4.78 is 37.3. The second-order valence-electron chi connectivity index (χ2n) is 6.97. The molecule has 0 saturated carbocycles. The van der Waals surface area contributed by atoms with Crippen molar-refractivity contribution in [1.29, 1.82) is 0 Å². The number of halogens is 1. The Bertz CT molecular complexity index is 1100. The maximum atomic E-state index is 12.8. The maximum Gasteiger partial charge on any atom is 0.251 e. The molecule has 0 bridgehead atoms. The number of sulfonamides is 1. The van der Waals surface area contributed by atoms with Gasteiger partial charge in [-0.25, -0.2) is 8.42 Å². The van der Waals surface area contributed by atoms with E-state index in [1.165, 1.54) is 41.6 Å². The molecule has 9 nitrogen and oxygen atoms in total. The van der Waals surface area contributed by atoms with Gasteiger partial charge in [-0.3, -0.25) is 9.59 Å². The summed E-state index contributed by atoms with van der Waals surface area (Å²) in [5.74, 6) is 0.167. The molecule has 0 spiro atoms. The molecule has 11 heteroatoms. The van der Waals surface area contributed by atoms with Crippen LogP contribution >= 0.6 is 11.6 Å². The fraction of sp³-hybridized carbons (Fsp3) is 0.333. The first-order valence-electron chi connectivity index (χ1n) is 9.80. The van der Waals surface area contributed by atoms with Crippen LogP contribution in [0.3, 0.4) is 0 Å². The van der Waals surface area contributed by atoms with Crippen molar-refractivity contribution in [3.8, 4) is 11.5 Å². The Hall–Kier alpha value is -2.82. The molecule has 0 aromatic heterocycles. The normalized spacial score (nSPS) is 14.7. The van der Waals surface area contributed by atoms with Crippen molar-refractivity contribution in [3.63, 3.8) is 0 Å². The van der Waals surface area contributed by atoms with Gasteiger partial charge in [0.1, 0.15) is 4.90 Å². The topological polar surface area (TPSA) is 105 Å². The van der Waals surface area contributed by atoms with Gasteiger partial charge in [0.15, 0.2) is 11.5 Å². The van der Waals surface area contributed by atoms with Gasteiger partial charge in [-0.2, -0.15) is 4.31 Å². The SMILES string of the molecule is COc1ccc(C(=O)NCC(=O)N2CCN(S(=O)(=O)c3ccccc3Cl)CC2)cc1OC. The highest BCUT2D eigenvalue weighted by atomic mass is 35.5. The molecule has 3 rings (SSSR count). The summed E-state index contributed by atoms with van der Waals surface area (Å²) in [6, 6.07) is 11.0. The highest BCUT2D eigenvalue weighted by Gasteiger charge is 2.31. The lowest BCUT2D eigenvalue weighted by atomic mass is 10.2. The first-order valence-corrected chi connectivity index (χ1v) is 11.6. The third-order valence-corrected chi connectivity index (χ3v) is 7.49. The molecule has 2 aromatic carbocycles. The Morgan fingerprint density at radius 1 is 1.00 bits per heavy atom. The van der Waals surface area contributed by atoms with Gasteiger partial charge in [-0.15, -0.1) is 0 Å². The number of hydrogen-bond donors (Lipinski definition) is 1. The number of benzene rings is 2. The van der Waals surface area contributed by atoms with E-state index < -0.39 is 15.9 Å². The summed E-state index contributed by atoms with van der Waals surface area (Å²) in [5, 5.41) is 2.74. The Labute approximate surface area is 191 Å². The number of carbonyl (C=O) groups excluding carboxylic acids is 2. The Kier molecular flexibility index (Phi) is 7.60. The number of methoxy groups -OCH3 is 2. The van der Waals surface area contributed by atoms with Crippen molar-refractivity contribution < 1.29 is 27.5 Å². The van der Waals surface area contributed by atoms with E-state index >= 15 is 0 Å². The van der Waals surface area contributed by atoms with E-state index in [1.807, 2.05) is 0 Å². The van der Waals surface area contributed by atoms with Crippen molar-refractivity contribution in [1.82, 2.24) is 14.5 Å². The molecule has 0 radical (unpaired) electrons. The van der Waals surface area contributed by atoms with Crippen LogP contribution in [0.4, 0.5) is 0 Å². The number of nitrogens with zero attached hydrogens (tertiary/aromatic N) is 2. The minimum Gasteiger partial charge on any atom is -0.493 e.